The van der Waals surface area contributed by atoms with Crippen molar-refractivity contribution in [3.63, 3.8) is 0 Å². The first-order valence-electron chi connectivity index (χ1n) is 3.11. The Hall–Kier alpha value is 0.0338. The van der Waals surface area contributed by atoms with Crippen LogP contribution in [-0.2, 0) is 0 Å². The third-order valence-electron chi connectivity index (χ3n) is 2.11. The smallest absolute Gasteiger partial charge is 0.0725 e. The minimum atomic E-state index is 0.000000000000000222. The molecule has 2 aliphatic rings. The SMILES string of the molecule is [Si]C1([Si])[C@@H]2CC[C@H]1N=N2. The van der Waals surface area contributed by atoms with Gasteiger partial charge in [-0.25, -0.2) is 0 Å². The summed E-state index contributed by atoms with van der Waals surface area (Å²) in [5, 5.41) is 8.17. The molecule has 0 aromatic rings. The lowest BCUT2D eigenvalue weighted by Gasteiger charge is -2.18. The molecule has 0 N–H and O–H groups in total. The third-order valence-corrected chi connectivity index (χ3v) is 3.44. The van der Waals surface area contributed by atoms with Crippen molar-refractivity contribution < 1.29 is 0 Å². The lowest BCUT2D eigenvalue weighted by atomic mass is 10.2. The Morgan fingerprint density at radius 1 is 1.11 bits per heavy atom. The van der Waals surface area contributed by atoms with Gasteiger partial charge in [0.1, 0.15) is 0 Å². The number of nitrogens with zero attached hydrogens (tertiary/aromatic N) is 2. The number of rotatable bonds is 0. The Bertz CT molecular complexity index is 150. The summed E-state index contributed by atoms with van der Waals surface area (Å²) in [6.45, 7) is 0. The molecule has 1 aliphatic carbocycles. The highest BCUT2D eigenvalue weighted by Crippen LogP contribution is 2.47. The molecule has 0 aromatic carbocycles. The number of hydrogen-bond donors (Lipinski definition) is 0. The van der Waals surface area contributed by atoms with E-state index in [4.69, 9.17) is 0 Å². The number of hydrogen-bond acceptors (Lipinski definition) is 2. The quantitative estimate of drug-likeness (QED) is 0.448. The molecule has 4 heteroatoms. The van der Waals surface area contributed by atoms with Gasteiger partial charge < -0.3 is 0 Å². The zero-order valence-electron chi connectivity index (χ0n) is 4.96. The van der Waals surface area contributed by atoms with Crippen LogP contribution in [0.2, 0.25) is 4.66 Å². The van der Waals surface area contributed by atoms with Gasteiger partial charge in [-0.3, -0.25) is 0 Å². The van der Waals surface area contributed by atoms with Crippen molar-refractivity contribution in [1.29, 1.82) is 0 Å². The zero-order chi connectivity index (χ0) is 6.48. The first kappa shape index (κ1) is 5.79. The molecule has 0 unspecified atom stereocenters. The highest BCUT2D eigenvalue weighted by atomic mass is 28.2. The first-order valence-corrected chi connectivity index (χ1v) is 4.11. The molecule has 1 aliphatic heterocycles. The predicted molar refractivity (Wildman–Crippen MR) is 35.9 cm³/mol. The Kier molecular flexibility index (Phi) is 0.995. The minimum Gasteiger partial charge on any atom is -0.191 e. The summed E-state index contributed by atoms with van der Waals surface area (Å²) in [5.74, 6) is 0. The highest BCUT2D eigenvalue weighted by molar-refractivity contribution is 6.41. The molecule has 0 aromatic heterocycles. The van der Waals surface area contributed by atoms with Crippen LogP contribution >= 0.6 is 0 Å². The zero-order valence-corrected chi connectivity index (χ0v) is 6.96. The fourth-order valence-corrected chi connectivity index (χ4v) is 2.26. The molecule has 9 heavy (non-hydrogen) atoms. The van der Waals surface area contributed by atoms with Crippen LogP contribution in [0.25, 0.3) is 0 Å². The number of azo groups is 1. The topological polar surface area (TPSA) is 24.7 Å². The Balaban J connectivity index is 2.35. The molecule has 1 heterocycles. The molecule has 2 rings (SSSR count). The van der Waals surface area contributed by atoms with E-state index >= 15 is 0 Å². The maximum Gasteiger partial charge on any atom is 0.0725 e. The summed E-state index contributed by atoms with van der Waals surface area (Å²) < 4.78 is 0.000000000000000222. The van der Waals surface area contributed by atoms with E-state index < -0.39 is 0 Å². The monoisotopic (exact) mass is 150 g/mol. The molecule has 6 radical (unpaired) electrons. The molecule has 2 nitrogen and oxygen atoms in total. The summed E-state index contributed by atoms with van der Waals surface area (Å²) in [6, 6.07) is 0.742. The second-order valence-corrected chi connectivity index (χ2v) is 4.86. The summed E-state index contributed by atoms with van der Waals surface area (Å²) in [4.78, 5) is 0. The van der Waals surface area contributed by atoms with Crippen molar-refractivity contribution in [2.24, 2.45) is 10.2 Å². The largest absolute Gasteiger partial charge is 0.191 e. The van der Waals surface area contributed by atoms with Crippen LogP contribution < -0.4 is 0 Å². The third kappa shape index (κ3) is 0.602. The molecular weight excluding hydrogens is 144 g/mol. The lowest BCUT2D eigenvalue weighted by Crippen LogP contribution is -2.25. The fourth-order valence-electron chi connectivity index (χ4n) is 1.45. The normalized spacial score (nSPS) is 44.2. The molecule has 1 saturated carbocycles. The number of fused-ring (bicyclic) bond motifs is 2. The molecule has 0 saturated heterocycles. The van der Waals surface area contributed by atoms with Crippen molar-refractivity contribution >= 4 is 20.5 Å². The molecule has 1 fully saturated rings. The van der Waals surface area contributed by atoms with Gasteiger partial charge in [0.15, 0.2) is 0 Å². The molecule has 2 atom stereocenters. The van der Waals surface area contributed by atoms with Crippen molar-refractivity contribution in [3.05, 3.63) is 0 Å². The van der Waals surface area contributed by atoms with Crippen molar-refractivity contribution in [2.45, 2.75) is 29.6 Å². The maximum absolute atomic E-state index is 4.08. The van der Waals surface area contributed by atoms with Gasteiger partial charge in [0, 0.05) is 20.5 Å². The van der Waals surface area contributed by atoms with Crippen LogP contribution in [0.15, 0.2) is 10.2 Å². The maximum atomic E-state index is 4.08. The van der Waals surface area contributed by atoms with Gasteiger partial charge in [-0.05, 0) is 17.5 Å². The Morgan fingerprint density at radius 2 is 1.56 bits per heavy atom. The first-order chi connectivity index (χ1) is 4.21. The van der Waals surface area contributed by atoms with Crippen molar-refractivity contribution in [2.75, 3.05) is 0 Å². The Labute approximate surface area is 61.0 Å². The van der Waals surface area contributed by atoms with Crippen LogP contribution in [-0.4, -0.2) is 32.6 Å². The van der Waals surface area contributed by atoms with E-state index in [0.29, 0.717) is 12.1 Å². The van der Waals surface area contributed by atoms with E-state index in [9.17, 15) is 0 Å². The van der Waals surface area contributed by atoms with Crippen LogP contribution in [0.5, 0.6) is 0 Å². The van der Waals surface area contributed by atoms with Gasteiger partial charge in [0.05, 0.1) is 12.1 Å². The minimum absolute atomic E-state index is 0.000000000000000222. The van der Waals surface area contributed by atoms with E-state index in [2.05, 4.69) is 30.7 Å². The van der Waals surface area contributed by atoms with Crippen molar-refractivity contribution in [3.8, 4) is 0 Å². The van der Waals surface area contributed by atoms with E-state index in [0.717, 1.165) is 0 Å². The highest BCUT2D eigenvalue weighted by Gasteiger charge is 2.47. The van der Waals surface area contributed by atoms with E-state index in [1.807, 2.05) is 0 Å². The van der Waals surface area contributed by atoms with Gasteiger partial charge in [0.25, 0.3) is 0 Å². The van der Waals surface area contributed by atoms with Crippen LogP contribution in [0.1, 0.15) is 12.8 Å². The Morgan fingerprint density at radius 3 is 1.67 bits per heavy atom. The van der Waals surface area contributed by atoms with Gasteiger partial charge in [0.2, 0.25) is 0 Å². The van der Waals surface area contributed by atoms with Gasteiger partial charge in [-0.15, -0.1) is 0 Å². The van der Waals surface area contributed by atoms with Gasteiger partial charge in [-0.2, -0.15) is 10.2 Å². The van der Waals surface area contributed by atoms with E-state index in [-0.39, 0.29) is 4.66 Å². The molecule has 2 bridgehead atoms. The lowest BCUT2D eigenvalue weighted by molar-refractivity contribution is 0.643. The second kappa shape index (κ2) is 1.55. The second-order valence-electron chi connectivity index (χ2n) is 2.71. The summed E-state index contributed by atoms with van der Waals surface area (Å²) >= 11 is 0. The van der Waals surface area contributed by atoms with Crippen LogP contribution in [0.4, 0.5) is 0 Å². The summed E-state index contributed by atoms with van der Waals surface area (Å²) in [7, 11) is 7.23. The molecule has 0 spiro atoms. The average Bonchev–Trinajstić information content (AvgIpc) is 2.24. The van der Waals surface area contributed by atoms with Crippen LogP contribution in [0, 0.1) is 0 Å². The molecule has 0 amide bonds. The standard InChI is InChI=1S/C5H6N2Si2/c8-5(9)3-1-2-4(5)7-6-3/h3-4H,1-2H2/t3-,4+. The van der Waals surface area contributed by atoms with Crippen molar-refractivity contribution in [1.82, 2.24) is 0 Å². The predicted octanol–water partition coefficient (Wildman–Crippen LogP) is 0.436. The molecular formula is C5H6N2Si2. The van der Waals surface area contributed by atoms with E-state index in [1.54, 1.807) is 0 Å². The summed E-state index contributed by atoms with van der Waals surface area (Å²) in [6.07, 6.45) is 2.34. The van der Waals surface area contributed by atoms with Crippen LogP contribution in [0.3, 0.4) is 0 Å². The fraction of sp³-hybridized carbons (Fsp3) is 1.00. The molecule has 44 valence electrons. The van der Waals surface area contributed by atoms with Gasteiger partial charge in [-0.1, -0.05) is 0 Å². The summed E-state index contributed by atoms with van der Waals surface area (Å²) in [5.41, 5.74) is 0. The van der Waals surface area contributed by atoms with E-state index in [1.165, 1.54) is 12.8 Å². The average molecular weight is 150 g/mol. The van der Waals surface area contributed by atoms with Gasteiger partial charge >= 0.3 is 0 Å².